The Bertz CT molecular complexity index is 933. The maximum Gasteiger partial charge on any atom is 0.275 e. The van der Waals surface area contributed by atoms with Crippen LogP contribution in [0, 0.1) is 0 Å². The lowest BCUT2D eigenvalue weighted by atomic mass is 10.0. The fourth-order valence-corrected chi connectivity index (χ4v) is 3.73. The van der Waals surface area contributed by atoms with E-state index in [-0.39, 0.29) is 11.9 Å². The molecular weight excluding hydrogens is 326 g/mol. The number of aromatic amines is 1. The van der Waals surface area contributed by atoms with Gasteiger partial charge in [-0.1, -0.05) is 18.2 Å². The molecule has 1 N–H and O–H groups in total. The molecule has 26 heavy (non-hydrogen) atoms. The summed E-state index contributed by atoms with van der Waals surface area (Å²) in [4.78, 5) is 21.7. The second-order valence-corrected chi connectivity index (χ2v) is 7.09. The van der Waals surface area contributed by atoms with Crippen LogP contribution in [0.1, 0.15) is 40.6 Å². The SMILES string of the molecule is CN(C)Cc1cc([C@H]2CCCN2C(=O)c2n[nH]c3ccccc23)ccn1. The van der Waals surface area contributed by atoms with Crippen molar-refractivity contribution >= 4 is 16.8 Å². The first kappa shape index (κ1) is 16.7. The van der Waals surface area contributed by atoms with E-state index >= 15 is 0 Å². The Morgan fingerprint density at radius 3 is 3.00 bits per heavy atom. The summed E-state index contributed by atoms with van der Waals surface area (Å²) in [7, 11) is 4.06. The van der Waals surface area contributed by atoms with Gasteiger partial charge >= 0.3 is 0 Å². The van der Waals surface area contributed by atoms with E-state index in [1.54, 1.807) is 0 Å². The molecule has 1 atom stereocenters. The molecule has 0 unspecified atom stereocenters. The van der Waals surface area contributed by atoms with E-state index in [2.05, 4.69) is 26.1 Å². The predicted octanol–water partition coefficient (Wildman–Crippen LogP) is 3.00. The van der Waals surface area contributed by atoms with Gasteiger partial charge in [0.25, 0.3) is 5.91 Å². The summed E-state index contributed by atoms with van der Waals surface area (Å²) in [5.41, 5.74) is 3.58. The number of amides is 1. The number of hydrogen-bond donors (Lipinski definition) is 1. The Kier molecular flexibility index (Phi) is 4.42. The maximum absolute atomic E-state index is 13.2. The second kappa shape index (κ2) is 6.88. The van der Waals surface area contributed by atoms with Gasteiger partial charge in [0.15, 0.2) is 5.69 Å². The molecule has 1 saturated heterocycles. The van der Waals surface area contributed by atoms with Crippen LogP contribution in [0.3, 0.4) is 0 Å². The lowest BCUT2D eigenvalue weighted by Gasteiger charge is -2.25. The highest BCUT2D eigenvalue weighted by Crippen LogP contribution is 2.34. The molecule has 2 aromatic heterocycles. The number of aromatic nitrogens is 3. The lowest BCUT2D eigenvalue weighted by molar-refractivity contribution is 0.0731. The average molecular weight is 349 g/mol. The van der Waals surface area contributed by atoms with Crippen molar-refractivity contribution < 1.29 is 4.79 Å². The van der Waals surface area contributed by atoms with Crippen molar-refractivity contribution in [2.24, 2.45) is 0 Å². The van der Waals surface area contributed by atoms with E-state index in [1.807, 2.05) is 55.5 Å². The number of nitrogens with zero attached hydrogens (tertiary/aromatic N) is 4. The number of carbonyl (C=O) groups is 1. The quantitative estimate of drug-likeness (QED) is 0.786. The van der Waals surface area contributed by atoms with Gasteiger partial charge in [-0.25, -0.2) is 0 Å². The molecule has 0 radical (unpaired) electrons. The van der Waals surface area contributed by atoms with Gasteiger partial charge in [-0.05, 0) is 50.7 Å². The highest BCUT2D eigenvalue weighted by Gasteiger charge is 2.32. The number of para-hydroxylation sites is 1. The number of carbonyl (C=O) groups excluding carboxylic acids is 1. The topological polar surface area (TPSA) is 65.1 Å². The van der Waals surface area contributed by atoms with Crippen molar-refractivity contribution in [2.75, 3.05) is 20.6 Å². The van der Waals surface area contributed by atoms with Crippen LogP contribution in [0.4, 0.5) is 0 Å². The van der Waals surface area contributed by atoms with Crippen LogP contribution >= 0.6 is 0 Å². The Morgan fingerprint density at radius 2 is 2.15 bits per heavy atom. The van der Waals surface area contributed by atoms with Crippen molar-refractivity contribution in [1.29, 1.82) is 0 Å². The molecule has 1 aliphatic heterocycles. The first-order chi connectivity index (χ1) is 12.6. The summed E-state index contributed by atoms with van der Waals surface area (Å²) < 4.78 is 0. The van der Waals surface area contributed by atoms with Crippen molar-refractivity contribution in [3.05, 3.63) is 59.5 Å². The summed E-state index contributed by atoms with van der Waals surface area (Å²) in [6.07, 6.45) is 3.82. The number of fused-ring (bicyclic) bond motifs is 1. The third-order valence-corrected chi connectivity index (χ3v) is 4.89. The molecule has 1 aromatic carbocycles. The van der Waals surface area contributed by atoms with Crippen LogP contribution in [-0.2, 0) is 6.54 Å². The number of pyridine rings is 1. The minimum Gasteiger partial charge on any atom is -0.330 e. The van der Waals surface area contributed by atoms with Gasteiger partial charge in [0.2, 0.25) is 0 Å². The van der Waals surface area contributed by atoms with Crippen molar-refractivity contribution in [2.45, 2.75) is 25.4 Å². The Morgan fingerprint density at radius 1 is 1.31 bits per heavy atom. The van der Waals surface area contributed by atoms with Crippen LogP contribution in [0.15, 0.2) is 42.6 Å². The molecule has 1 aliphatic rings. The van der Waals surface area contributed by atoms with Crippen LogP contribution < -0.4 is 0 Å². The Hall–Kier alpha value is -2.73. The van der Waals surface area contributed by atoms with Crippen LogP contribution in [0.25, 0.3) is 10.9 Å². The van der Waals surface area contributed by atoms with Gasteiger partial charge in [-0.3, -0.25) is 14.9 Å². The standard InChI is InChI=1S/C20H23N5O/c1-24(2)13-15-12-14(9-10-21-15)18-8-5-11-25(18)20(26)19-16-6-3-4-7-17(16)22-23-19/h3-4,6-7,9-10,12,18H,5,8,11,13H2,1-2H3,(H,22,23)/t18-/m1/s1. The van der Waals surface area contributed by atoms with Crippen LogP contribution in [0.2, 0.25) is 0 Å². The zero-order valence-electron chi connectivity index (χ0n) is 15.1. The molecule has 0 spiro atoms. The normalized spacial score (nSPS) is 17.3. The first-order valence-corrected chi connectivity index (χ1v) is 8.97. The number of benzene rings is 1. The van der Waals surface area contributed by atoms with Gasteiger partial charge in [-0.2, -0.15) is 5.10 Å². The molecule has 0 saturated carbocycles. The number of rotatable bonds is 4. The predicted molar refractivity (Wildman–Crippen MR) is 101 cm³/mol. The number of H-pyrrole nitrogens is 1. The molecule has 134 valence electrons. The second-order valence-electron chi connectivity index (χ2n) is 7.09. The van der Waals surface area contributed by atoms with Crippen molar-refractivity contribution in [1.82, 2.24) is 25.0 Å². The molecule has 1 fully saturated rings. The highest BCUT2D eigenvalue weighted by molar-refractivity contribution is 6.04. The van der Waals surface area contributed by atoms with E-state index < -0.39 is 0 Å². The van der Waals surface area contributed by atoms with Crippen molar-refractivity contribution in [3.8, 4) is 0 Å². The summed E-state index contributed by atoms with van der Waals surface area (Å²) in [6, 6.07) is 12.0. The van der Waals surface area contributed by atoms with Crippen molar-refractivity contribution in [3.63, 3.8) is 0 Å². The Balaban J connectivity index is 1.63. The average Bonchev–Trinajstić information content (AvgIpc) is 3.28. The molecule has 6 nitrogen and oxygen atoms in total. The summed E-state index contributed by atoms with van der Waals surface area (Å²) in [5, 5.41) is 8.14. The van der Waals surface area contributed by atoms with Gasteiger partial charge in [0.05, 0.1) is 17.3 Å². The molecular formula is C20H23N5O. The molecule has 3 aromatic rings. The van der Waals surface area contributed by atoms with Crippen LogP contribution in [0.5, 0.6) is 0 Å². The molecule has 1 amide bonds. The first-order valence-electron chi connectivity index (χ1n) is 8.97. The van der Waals surface area contributed by atoms with Crippen LogP contribution in [-0.4, -0.2) is 51.5 Å². The van der Waals surface area contributed by atoms with E-state index in [4.69, 9.17) is 0 Å². The molecule has 0 bridgehead atoms. The summed E-state index contributed by atoms with van der Waals surface area (Å²) in [5.74, 6) is -0.00378. The molecule has 3 heterocycles. The summed E-state index contributed by atoms with van der Waals surface area (Å²) >= 11 is 0. The fourth-order valence-electron chi connectivity index (χ4n) is 3.73. The van der Waals surface area contributed by atoms with E-state index in [9.17, 15) is 4.79 Å². The largest absolute Gasteiger partial charge is 0.330 e. The smallest absolute Gasteiger partial charge is 0.275 e. The highest BCUT2D eigenvalue weighted by atomic mass is 16.2. The maximum atomic E-state index is 13.2. The third-order valence-electron chi connectivity index (χ3n) is 4.89. The van der Waals surface area contributed by atoms with E-state index in [1.165, 1.54) is 0 Å². The fraction of sp³-hybridized carbons (Fsp3) is 0.350. The van der Waals surface area contributed by atoms with Gasteiger partial charge in [-0.15, -0.1) is 0 Å². The number of hydrogen-bond acceptors (Lipinski definition) is 4. The third kappa shape index (κ3) is 3.08. The monoisotopic (exact) mass is 349 g/mol. The van der Waals surface area contributed by atoms with E-state index in [0.29, 0.717) is 5.69 Å². The number of likely N-dealkylation sites (tertiary alicyclic amines) is 1. The molecule has 0 aliphatic carbocycles. The van der Waals surface area contributed by atoms with E-state index in [0.717, 1.165) is 48.1 Å². The van der Waals surface area contributed by atoms with Gasteiger partial charge in [0.1, 0.15) is 0 Å². The zero-order valence-corrected chi connectivity index (χ0v) is 15.1. The van der Waals surface area contributed by atoms with Gasteiger partial charge < -0.3 is 9.80 Å². The van der Waals surface area contributed by atoms with Gasteiger partial charge in [0, 0.05) is 24.7 Å². The zero-order chi connectivity index (χ0) is 18.1. The molecule has 6 heteroatoms. The summed E-state index contributed by atoms with van der Waals surface area (Å²) in [6.45, 7) is 1.55. The number of nitrogens with one attached hydrogen (secondary N) is 1. The lowest BCUT2D eigenvalue weighted by Crippen LogP contribution is -2.31. The minimum absolute atomic E-state index is 0.00378. The molecule has 4 rings (SSSR count). The minimum atomic E-state index is -0.00378. The Labute approximate surface area is 152 Å².